The van der Waals surface area contributed by atoms with Crippen molar-refractivity contribution in [2.75, 3.05) is 13.1 Å². The van der Waals surface area contributed by atoms with Crippen molar-refractivity contribution in [3.8, 4) is 0 Å². The molecule has 0 aromatic heterocycles. The van der Waals surface area contributed by atoms with Gasteiger partial charge < -0.3 is 5.32 Å². The van der Waals surface area contributed by atoms with Gasteiger partial charge in [-0.05, 0) is 29.8 Å². The minimum absolute atomic E-state index is 0.0846. The lowest BCUT2D eigenvalue weighted by atomic mass is 10.2. The van der Waals surface area contributed by atoms with E-state index in [-0.39, 0.29) is 17.0 Å². The van der Waals surface area contributed by atoms with Crippen LogP contribution in [0.3, 0.4) is 0 Å². The molecule has 0 saturated carbocycles. The number of hydrogen-bond acceptors (Lipinski definition) is 3. The third-order valence-electron chi connectivity index (χ3n) is 3.90. The minimum Gasteiger partial charge on any atom is -0.348 e. The van der Waals surface area contributed by atoms with Gasteiger partial charge in [-0.3, -0.25) is 4.79 Å². The molecule has 2 aromatic carbocycles. The van der Waals surface area contributed by atoms with Crippen molar-refractivity contribution >= 4 is 15.9 Å². The van der Waals surface area contributed by atoms with E-state index in [4.69, 9.17) is 0 Å². The molecule has 0 bridgehead atoms. The second-order valence-electron chi connectivity index (χ2n) is 5.54. The highest BCUT2D eigenvalue weighted by Crippen LogP contribution is 2.16. The molecular formula is C18H20F2N2O3S. The average molecular weight is 382 g/mol. The number of carbonyl (C=O) groups excluding carboxylic acids is 1. The molecule has 0 heterocycles. The molecular weight excluding hydrogens is 362 g/mol. The van der Waals surface area contributed by atoms with Gasteiger partial charge in [0.05, 0.1) is 10.5 Å². The predicted octanol–water partition coefficient (Wildman–Crippen LogP) is 2.93. The normalized spacial score (nSPS) is 11.6. The maximum atomic E-state index is 13.6. The zero-order valence-corrected chi connectivity index (χ0v) is 15.3. The van der Waals surface area contributed by atoms with E-state index in [1.807, 2.05) is 0 Å². The van der Waals surface area contributed by atoms with E-state index in [1.165, 1.54) is 16.4 Å². The maximum Gasteiger partial charge on any atom is 0.254 e. The van der Waals surface area contributed by atoms with Gasteiger partial charge >= 0.3 is 0 Å². The molecule has 140 valence electrons. The van der Waals surface area contributed by atoms with Crippen molar-refractivity contribution in [1.82, 2.24) is 9.62 Å². The Morgan fingerprint density at radius 1 is 1.04 bits per heavy atom. The number of nitrogens with one attached hydrogen (secondary N) is 1. The van der Waals surface area contributed by atoms with Crippen LogP contribution in [0, 0.1) is 11.6 Å². The number of carbonyl (C=O) groups is 1. The Morgan fingerprint density at radius 2 is 1.65 bits per heavy atom. The van der Waals surface area contributed by atoms with Gasteiger partial charge in [-0.15, -0.1) is 0 Å². The summed E-state index contributed by atoms with van der Waals surface area (Å²) in [7, 11) is -3.54. The lowest BCUT2D eigenvalue weighted by molar-refractivity contribution is 0.0946. The Labute approximate surface area is 151 Å². The van der Waals surface area contributed by atoms with Crippen LogP contribution in [0.5, 0.6) is 0 Å². The molecule has 1 amide bonds. The first-order valence-electron chi connectivity index (χ1n) is 8.12. The first-order valence-corrected chi connectivity index (χ1v) is 9.56. The van der Waals surface area contributed by atoms with Gasteiger partial charge in [0.15, 0.2) is 0 Å². The Kier molecular flexibility index (Phi) is 6.44. The summed E-state index contributed by atoms with van der Waals surface area (Å²) in [5.74, 6) is -2.38. The fourth-order valence-electron chi connectivity index (χ4n) is 2.44. The fourth-order valence-corrected chi connectivity index (χ4v) is 3.90. The highest BCUT2D eigenvalue weighted by molar-refractivity contribution is 7.89. The zero-order valence-electron chi connectivity index (χ0n) is 14.5. The Hall–Kier alpha value is -2.32. The molecule has 0 atom stereocenters. The average Bonchev–Trinajstić information content (AvgIpc) is 2.61. The first-order chi connectivity index (χ1) is 12.3. The smallest absolute Gasteiger partial charge is 0.254 e. The Morgan fingerprint density at radius 3 is 2.19 bits per heavy atom. The van der Waals surface area contributed by atoms with Gasteiger partial charge in [0.1, 0.15) is 11.6 Å². The molecule has 0 fully saturated rings. The Bertz CT molecular complexity index is 880. The van der Waals surface area contributed by atoms with Gasteiger partial charge in [0, 0.05) is 25.7 Å². The summed E-state index contributed by atoms with van der Waals surface area (Å²) < 4.78 is 52.6. The van der Waals surface area contributed by atoms with Crippen LogP contribution in [0.2, 0.25) is 0 Å². The molecule has 0 aliphatic carbocycles. The van der Waals surface area contributed by atoms with Gasteiger partial charge in [-0.1, -0.05) is 26.0 Å². The molecule has 0 spiro atoms. The highest BCUT2D eigenvalue weighted by Gasteiger charge is 2.21. The lowest BCUT2D eigenvalue weighted by Gasteiger charge is -2.18. The number of amides is 1. The summed E-state index contributed by atoms with van der Waals surface area (Å²) in [6.07, 6.45) is 0. The Balaban J connectivity index is 2.07. The SMILES string of the molecule is CCN(CC)S(=O)(=O)c1ccc(CNC(=O)c2ccc(F)cc2F)cc1. The maximum absolute atomic E-state index is 13.6. The van der Waals surface area contributed by atoms with E-state index in [9.17, 15) is 22.0 Å². The number of rotatable bonds is 7. The van der Waals surface area contributed by atoms with Crippen LogP contribution in [0.25, 0.3) is 0 Å². The summed E-state index contributed by atoms with van der Waals surface area (Å²) in [5, 5.41) is 2.52. The summed E-state index contributed by atoms with van der Waals surface area (Å²) in [4.78, 5) is 12.1. The van der Waals surface area contributed by atoms with Crippen LogP contribution >= 0.6 is 0 Å². The van der Waals surface area contributed by atoms with Crippen molar-refractivity contribution in [2.24, 2.45) is 0 Å². The van der Waals surface area contributed by atoms with Crippen molar-refractivity contribution in [3.05, 3.63) is 65.2 Å². The van der Waals surface area contributed by atoms with Gasteiger partial charge in [-0.25, -0.2) is 17.2 Å². The standard InChI is InChI=1S/C18H20F2N2O3S/c1-3-22(4-2)26(24,25)15-8-5-13(6-9-15)12-21-18(23)16-10-7-14(19)11-17(16)20/h5-11H,3-4,12H2,1-2H3,(H,21,23). The largest absolute Gasteiger partial charge is 0.348 e. The van der Waals surface area contributed by atoms with E-state index in [0.717, 1.165) is 12.1 Å². The number of hydrogen-bond donors (Lipinski definition) is 1. The van der Waals surface area contributed by atoms with Crippen LogP contribution in [0.4, 0.5) is 8.78 Å². The molecule has 0 unspecified atom stereocenters. The van der Waals surface area contributed by atoms with E-state index >= 15 is 0 Å². The lowest BCUT2D eigenvalue weighted by Crippen LogP contribution is -2.30. The summed E-state index contributed by atoms with van der Waals surface area (Å²) in [5.41, 5.74) is 0.395. The van der Waals surface area contributed by atoms with E-state index in [0.29, 0.717) is 24.7 Å². The molecule has 0 aliphatic rings. The van der Waals surface area contributed by atoms with Crippen LogP contribution in [-0.2, 0) is 16.6 Å². The number of sulfonamides is 1. The molecule has 8 heteroatoms. The highest BCUT2D eigenvalue weighted by atomic mass is 32.2. The minimum atomic E-state index is -3.54. The fraction of sp³-hybridized carbons (Fsp3) is 0.278. The quantitative estimate of drug-likeness (QED) is 0.801. The van der Waals surface area contributed by atoms with Crippen LogP contribution in [-0.4, -0.2) is 31.7 Å². The molecule has 0 radical (unpaired) electrons. The second-order valence-corrected chi connectivity index (χ2v) is 7.48. The summed E-state index contributed by atoms with van der Waals surface area (Å²) in [6.45, 7) is 4.36. The molecule has 5 nitrogen and oxygen atoms in total. The van der Waals surface area contributed by atoms with Gasteiger partial charge in [0.25, 0.3) is 5.91 Å². The topological polar surface area (TPSA) is 66.5 Å². The van der Waals surface area contributed by atoms with Crippen molar-refractivity contribution in [1.29, 1.82) is 0 Å². The molecule has 26 heavy (non-hydrogen) atoms. The third-order valence-corrected chi connectivity index (χ3v) is 5.96. The molecule has 0 saturated heterocycles. The van der Waals surface area contributed by atoms with Crippen LogP contribution in [0.1, 0.15) is 29.8 Å². The summed E-state index contributed by atoms with van der Waals surface area (Å²) >= 11 is 0. The zero-order chi connectivity index (χ0) is 19.3. The predicted molar refractivity (Wildman–Crippen MR) is 94.1 cm³/mol. The molecule has 2 rings (SSSR count). The van der Waals surface area contributed by atoms with Crippen LogP contribution < -0.4 is 5.32 Å². The van der Waals surface area contributed by atoms with E-state index in [1.54, 1.807) is 26.0 Å². The first kappa shape index (κ1) is 20.0. The van der Waals surface area contributed by atoms with Crippen molar-refractivity contribution < 1.29 is 22.0 Å². The molecule has 1 N–H and O–H groups in total. The summed E-state index contributed by atoms with van der Waals surface area (Å²) in [6, 6.07) is 8.81. The monoisotopic (exact) mass is 382 g/mol. The number of nitrogens with zero attached hydrogens (tertiary/aromatic N) is 1. The molecule has 0 aliphatic heterocycles. The second kappa shape index (κ2) is 8.37. The van der Waals surface area contributed by atoms with Crippen molar-refractivity contribution in [3.63, 3.8) is 0 Å². The van der Waals surface area contributed by atoms with Crippen molar-refractivity contribution in [2.45, 2.75) is 25.3 Å². The van der Waals surface area contributed by atoms with E-state index < -0.39 is 27.6 Å². The van der Waals surface area contributed by atoms with E-state index in [2.05, 4.69) is 5.32 Å². The molecule has 2 aromatic rings. The van der Waals surface area contributed by atoms with Gasteiger partial charge in [-0.2, -0.15) is 4.31 Å². The van der Waals surface area contributed by atoms with Gasteiger partial charge in [0.2, 0.25) is 10.0 Å². The number of halogens is 2. The third kappa shape index (κ3) is 4.44. The number of benzene rings is 2. The van der Waals surface area contributed by atoms with Crippen LogP contribution in [0.15, 0.2) is 47.4 Å².